The lowest BCUT2D eigenvalue weighted by molar-refractivity contribution is -0.158. The molecule has 0 aromatic carbocycles. The van der Waals surface area contributed by atoms with Gasteiger partial charge in [0.15, 0.2) is 5.60 Å². The number of fused-ring (bicyclic) bond motifs is 1. The summed E-state index contributed by atoms with van der Waals surface area (Å²) in [5, 5.41) is 10.7. The highest BCUT2D eigenvalue weighted by Gasteiger charge is 2.50. The number of esters is 1. The van der Waals surface area contributed by atoms with Gasteiger partial charge in [0.25, 0.3) is 0 Å². The van der Waals surface area contributed by atoms with Gasteiger partial charge in [-0.25, -0.2) is 4.98 Å². The molecule has 1 aliphatic rings. The highest BCUT2D eigenvalue weighted by atomic mass is 35.5. The van der Waals surface area contributed by atoms with Crippen molar-refractivity contribution in [3.05, 3.63) is 17.5 Å². The van der Waals surface area contributed by atoms with Crippen molar-refractivity contribution < 1.29 is 19.4 Å². The first kappa shape index (κ1) is 30.2. The van der Waals surface area contributed by atoms with Crippen LogP contribution in [0.2, 0.25) is 5.28 Å². The number of aliphatic hydroxyl groups excluding tert-OH is 1. The van der Waals surface area contributed by atoms with Crippen molar-refractivity contribution in [2.45, 2.75) is 121 Å². The van der Waals surface area contributed by atoms with Crippen molar-refractivity contribution in [1.82, 2.24) is 14.5 Å². The van der Waals surface area contributed by atoms with Crippen molar-refractivity contribution in [1.29, 1.82) is 0 Å². The van der Waals surface area contributed by atoms with Crippen molar-refractivity contribution in [2.75, 3.05) is 12.3 Å². The van der Waals surface area contributed by atoms with Gasteiger partial charge in [0.05, 0.1) is 12.0 Å². The van der Waals surface area contributed by atoms with Crippen LogP contribution in [0, 0.1) is 12.3 Å². The van der Waals surface area contributed by atoms with Crippen molar-refractivity contribution >= 4 is 34.4 Å². The molecule has 3 heterocycles. The van der Waals surface area contributed by atoms with Gasteiger partial charge < -0.3 is 24.9 Å². The number of anilines is 1. The number of terminal acetylenes is 1. The lowest BCUT2D eigenvalue weighted by Gasteiger charge is -2.26. The van der Waals surface area contributed by atoms with Gasteiger partial charge in [-0.2, -0.15) is 4.98 Å². The number of hydrogen-bond donors (Lipinski definition) is 2. The summed E-state index contributed by atoms with van der Waals surface area (Å²) >= 11 is 6.00. The minimum Gasteiger partial charge on any atom is -0.458 e. The number of carbonyl (C=O) groups is 1. The van der Waals surface area contributed by atoms with E-state index in [0.717, 1.165) is 19.3 Å². The van der Waals surface area contributed by atoms with Crippen LogP contribution in [0.5, 0.6) is 0 Å². The molecule has 3 rings (SSSR count). The Morgan fingerprint density at radius 3 is 2.34 bits per heavy atom. The third kappa shape index (κ3) is 8.08. The van der Waals surface area contributed by atoms with E-state index in [1.54, 1.807) is 16.8 Å². The summed E-state index contributed by atoms with van der Waals surface area (Å²) in [7, 11) is 0. The maximum absolute atomic E-state index is 12.6. The molecule has 1 fully saturated rings. The van der Waals surface area contributed by atoms with Gasteiger partial charge >= 0.3 is 5.97 Å². The predicted molar refractivity (Wildman–Crippen MR) is 151 cm³/mol. The SMILES string of the molecule is C#C[C@]1(CO)O[C@@H](n2ccc3c(N)nc(Cl)nc32)C[C@@H]1OC(=O)CCCCCCCCCCCCCCC. The smallest absolute Gasteiger partial charge is 0.306 e. The number of unbranched alkanes of at least 4 members (excludes halogenated alkanes) is 12. The quantitative estimate of drug-likeness (QED) is 0.103. The average molecular weight is 547 g/mol. The molecule has 3 N–H and O–H groups in total. The zero-order valence-corrected chi connectivity index (χ0v) is 23.4. The molecule has 0 radical (unpaired) electrons. The molecule has 0 unspecified atom stereocenters. The maximum Gasteiger partial charge on any atom is 0.306 e. The summed E-state index contributed by atoms with van der Waals surface area (Å²) in [4.78, 5) is 20.9. The fourth-order valence-electron chi connectivity index (χ4n) is 5.13. The number of nitrogens with two attached hydrogens (primary N) is 1. The Balaban J connectivity index is 1.40. The van der Waals surface area contributed by atoms with E-state index in [-0.39, 0.29) is 23.5 Å². The normalized spacial score (nSPS) is 21.1. The summed E-state index contributed by atoms with van der Waals surface area (Å²) in [5.41, 5.74) is 5.01. The van der Waals surface area contributed by atoms with Crippen LogP contribution >= 0.6 is 11.6 Å². The van der Waals surface area contributed by atoms with Crippen LogP contribution in [0.4, 0.5) is 5.82 Å². The van der Waals surface area contributed by atoms with Crippen LogP contribution in [-0.2, 0) is 14.3 Å². The average Bonchev–Trinajstić information content (AvgIpc) is 3.48. The van der Waals surface area contributed by atoms with E-state index in [1.165, 1.54) is 64.2 Å². The molecular weight excluding hydrogens is 504 g/mol. The first-order valence-electron chi connectivity index (χ1n) is 14.2. The molecule has 0 saturated carbocycles. The van der Waals surface area contributed by atoms with Gasteiger partial charge in [0, 0.05) is 19.0 Å². The molecule has 0 amide bonds. The second-order valence-electron chi connectivity index (χ2n) is 10.3. The topological polar surface area (TPSA) is 112 Å². The highest BCUT2D eigenvalue weighted by Crippen LogP contribution is 2.40. The fraction of sp³-hybridized carbons (Fsp3) is 0.690. The Hall–Kier alpha value is -2.34. The minimum atomic E-state index is -1.44. The molecule has 9 heteroatoms. The van der Waals surface area contributed by atoms with Crippen LogP contribution in [0.3, 0.4) is 0 Å². The second kappa shape index (κ2) is 15.3. The van der Waals surface area contributed by atoms with Gasteiger partial charge in [-0.15, -0.1) is 6.42 Å². The first-order chi connectivity index (χ1) is 18.4. The number of aliphatic hydroxyl groups is 1. The maximum atomic E-state index is 12.6. The van der Waals surface area contributed by atoms with Gasteiger partial charge in [-0.1, -0.05) is 89.9 Å². The Labute approximate surface area is 231 Å². The summed E-state index contributed by atoms with van der Waals surface area (Å²) in [6, 6.07) is 1.76. The van der Waals surface area contributed by atoms with Crippen LogP contribution in [0.25, 0.3) is 11.0 Å². The van der Waals surface area contributed by atoms with Gasteiger partial charge in [0.1, 0.15) is 23.8 Å². The molecule has 0 bridgehead atoms. The van der Waals surface area contributed by atoms with E-state index >= 15 is 0 Å². The molecule has 2 aromatic heterocycles. The number of hydrogen-bond acceptors (Lipinski definition) is 7. The fourth-order valence-corrected chi connectivity index (χ4v) is 5.30. The highest BCUT2D eigenvalue weighted by molar-refractivity contribution is 6.28. The Kier molecular flexibility index (Phi) is 12.2. The number of ether oxygens (including phenoxy) is 2. The molecule has 1 saturated heterocycles. The predicted octanol–water partition coefficient (Wildman–Crippen LogP) is 6.34. The molecule has 1 aliphatic heterocycles. The van der Waals surface area contributed by atoms with E-state index in [1.807, 2.05) is 0 Å². The first-order valence-corrected chi connectivity index (χ1v) is 14.6. The molecule has 2 aromatic rings. The molecule has 0 spiro atoms. The Morgan fingerprint density at radius 2 is 1.76 bits per heavy atom. The number of nitrogens with zero attached hydrogens (tertiary/aromatic N) is 3. The van der Waals surface area contributed by atoms with E-state index in [2.05, 4.69) is 22.8 Å². The third-order valence-electron chi connectivity index (χ3n) is 7.40. The number of nitrogen functional groups attached to an aromatic ring is 1. The number of halogens is 1. The van der Waals surface area contributed by atoms with E-state index in [4.69, 9.17) is 33.2 Å². The zero-order chi connectivity index (χ0) is 27.4. The molecular formula is C29H43ClN4O4. The van der Waals surface area contributed by atoms with Gasteiger partial charge in [-0.05, 0) is 24.1 Å². The standard InChI is InChI=1S/C29H43ClN4O4/c1-3-5-6-7-8-9-10-11-12-13-14-15-16-17-25(36)37-23-20-24(38-29(23,4-2)21-35)34-19-18-22-26(31)32-28(30)33-27(22)34/h2,18-19,23-24,35H,3,5-17,20-21H2,1H3,(H2,31,32,33)/t23-,24+,29+/m0/s1. The largest absolute Gasteiger partial charge is 0.458 e. The molecule has 210 valence electrons. The number of aromatic nitrogens is 3. The Morgan fingerprint density at radius 1 is 1.16 bits per heavy atom. The van der Waals surface area contributed by atoms with Crippen molar-refractivity contribution in [3.8, 4) is 12.3 Å². The van der Waals surface area contributed by atoms with Crippen molar-refractivity contribution in [3.63, 3.8) is 0 Å². The summed E-state index contributed by atoms with van der Waals surface area (Å²) in [5.74, 6) is 2.44. The Bertz CT molecular complexity index is 1070. The van der Waals surface area contributed by atoms with Crippen LogP contribution in [0.1, 0.15) is 109 Å². The lowest BCUT2D eigenvalue weighted by atomic mass is 9.98. The van der Waals surface area contributed by atoms with Crippen LogP contribution in [-0.4, -0.2) is 43.9 Å². The summed E-state index contributed by atoms with van der Waals surface area (Å²) in [6.07, 6.45) is 22.8. The molecule has 3 atom stereocenters. The molecule has 38 heavy (non-hydrogen) atoms. The van der Waals surface area contributed by atoms with Crippen LogP contribution in [0.15, 0.2) is 12.3 Å². The van der Waals surface area contributed by atoms with E-state index in [9.17, 15) is 9.90 Å². The minimum absolute atomic E-state index is 0.0131. The summed E-state index contributed by atoms with van der Waals surface area (Å²) < 4.78 is 13.5. The van der Waals surface area contributed by atoms with E-state index < -0.39 is 24.5 Å². The van der Waals surface area contributed by atoms with Crippen LogP contribution < -0.4 is 5.73 Å². The molecule has 0 aliphatic carbocycles. The number of carbonyl (C=O) groups excluding carboxylic acids is 1. The second-order valence-corrected chi connectivity index (χ2v) is 10.6. The summed E-state index contributed by atoms with van der Waals surface area (Å²) in [6.45, 7) is 1.77. The molecule has 8 nitrogen and oxygen atoms in total. The van der Waals surface area contributed by atoms with Gasteiger partial charge in [-0.3, -0.25) is 4.79 Å². The van der Waals surface area contributed by atoms with E-state index in [0.29, 0.717) is 17.5 Å². The monoisotopic (exact) mass is 546 g/mol. The third-order valence-corrected chi connectivity index (χ3v) is 7.57. The van der Waals surface area contributed by atoms with Gasteiger partial charge in [0.2, 0.25) is 5.28 Å². The van der Waals surface area contributed by atoms with Crippen molar-refractivity contribution in [2.24, 2.45) is 0 Å². The number of rotatable bonds is 17. The zero-order valence-electron chi connectivity index (χ0n) is 22.7. The lowest BCUT2D eigenvalue weighted by Crippen LogP contribution is -2.44.